The van der Waals surface area contributed by atoms with Crippen LogP contribution in [-0.4, -0.2) is 48.5 Å². The van der Waals surface area contributed by atoms with Gasteiger partial charge in [0.15, 0.2) is 9.84 Å². The van der Waals surface area contributed by atoms with Crippen molar-refractivity contribution in [2.24, 2.45) is 5.92 Å². The molecular formula is C24H26FN3O4S. The number of carbonyl (C=O) groups excluding carboxylic acids is 2. The zero-order valence-corrected chi connectivity index (χ0v) is 19.1. The smallest absolute Gasteiger partial charge is 0.242 e. The number of fused-ring (bicyclic) bond motifs is 1. The van der Waals surface area contributed by atoms with Crippen molar-refractivity contribution in [2.75, 3.05) is 24.2 Å². The van der Waals surface area contributed by atoms with Crippen molar-refractivity contribution in [1.82, 2.24) is 9.47 Å². The van der Waals surface area contributed by atoms with E-state index in [2.05, 4.69) is 12.2 Å². The molecule has 1 N–H and O–H groups in total. The van der Waals surface area contributed by atoms with E-state index in [-0.39, 0.29) is 23.0 Å². The van der Waals surface area contributed by atoms with Gasteiger partial charge in [0.2, 0.25) is 11.8 Å². The molecule has 1 saturated heterocycles. The van der Waals surface area contributed by atoms with Crippen molar-refractivity contribution in [3.05, 3.63) is 60.5 Å². The number of anilines is 1. The van der Waals surface area contributed by atoms with E-state index in [0.717, 1.165) is 12.8 Å². The molecule has 2 aromatic carbocycles. The van der Waals surface area contributed by atoms with Gasteiger partial charge in [0.25, 0.3) is 0 Å². The van der Waals surface area contributed by atoms with E-state index in [1.807, 2.05) is 4.90 Å². The SMILES string of the molecule is CC1CCN(C(=O)Cn2cc(S(=O)(=O)CC(=O)Nc3ccccc3F)c3ccccc32)CC1. The van der Waals surface area contributed by atoms with E-state index in [1.165, 1.54) is 24.4 Å². The number of nitrogens with one attached hydrogen (secondary N) is 1. The molecule has 7 nitrogen and oxygen atoms in total. The molecule has 9 heteroatoms. The van der Waals surface area contributed by atoms with Crippen LogP contribution in [0.5, 0.6) is 0 Å². The molecule has 3 aromatic rings. The molecule has 0 saturated carbocycles. The fourth-order valence-electron chi connectivity index (χ4n) is 4.09. The number of sulfone groups is 1. The zero-order valence-electron chi connectivity index (χ0n) is 18.3. The Morgan fingerprint density at radius 3 is 2.45 bits per heavy atom. The summed E-state index contributed by atoms with van der Waals surface area (Å²) in [5.74, 6) is -1.80. The van der Waals surface area contributed by atoms with E-state index in [1.54, 1.807) is 34.9 Å². The molecule has 0 spiro atoms. The van der Waals surface area contributed by atoms with Crippen molar-refractivity contribution in [2.45, 2.75) is 31.2 Å². The maximum atomic E-state index is 13.8. The summed E-state index contributed by atoms with van der Waals surface area (Å²) in [4.78, 5) is 27.0. The van der Waals surface area contributed by atoms with E-state index < -0.39 is 27.3 Å². The lowest BCUT2D eigenvalue weighted by molar-refractivity contribution is -0.133. The fourth-order valence-corrected chi connectivity index (χ4v) is 5.46. The molecule has 2 heterocycles. The molecule has 4 rings (SSSR count). The number of piperidine rings is 1. The number of amides is 2. The van der Waals surface area contributed by atoms with Gasteiger partial charge in [0.1, 0.15) is 18.1 Å². The Morgan fingerprint density at radius 1 is 1.06 bits per heavy atom. The summed E-state index contributed by atoms with van der Waals surface area (Å²) < 4.78 is 41.6. The van der Waals surface area contributed by atoms with E-state index >= 15 is 0 Å². The largest absolute Gasteiger partial charge is 0.341 e. The number of para-hydroxylation sites is 2. The lowest BCUT2D eigenvalue weighted by Crippen LogP contribution is -2.39. The molecule has 0 unspecified atom stereocenters. The van der Waals surface area contributed by atoms with Gasteiger partial charge in [0.05, 0.1) is 10.6 Å². The Bertz CT molecular complexity index is 1290. The molecule has 0 radical (unpaired) electrons. The van der Waals surface area contributed by atoms with Gasteiger partial charge in [-0.25, -0.2) is 12.8 Å². The quantitative estimate of drug-likeness (QED) is 0.597. The minimum atomic E-state index is -4.05. The Hall–Kier alpha value is -3.20. The number of halogens is 1. The third kappa shape index (κ3) is 5.08. The molecule has 0 bridgehead atoms. The van der Waals surface area contributed by atoms with Crippen LogP contribution in [0.15, 0.2) is 59.6 Å². The van der Waals surface area contributed by atoms with Gasteiger partial charge < -0.3 is 14.8 Å². The highest BCUT2D eigenvalue weighted by Crippen LogP contribution is 2.27. The number of nitrogens with zero attached hydrogens (tertiary/aromatic N) is 2. The molecule has 2 amide bonds. The molecule has 0 atom stereocenters. The van der Waals surface area contributed by atoms with Crippen molar-refractivity contribution in [1.29, 1.82) is 0 Å². The Kier molecular flexibility index (Phi) is 6.51. The minimum absolute atomic E-state index is 0.0197. The van der Waals surface area contributed by atoms with Gasteiger partial charge in [-0.1, -0.05) is 37.3 Å². The number of rotatable bonds is 6. The first kappa shape index (κ1) is 23.0. The average molecular weight is 472 g/mol. The monoisotopic (exact) mass is 471 g/mol. The predicted molar refractivity (Wildman–Crippen MR) is 124 cm³/mol. The number of likely N-dealkylation sites (tertiary alicyclic amines) is 1. The van der Waals surface area contributed by atoms with Crippen LogP contribution in [0.4, 0.5) is 10.1 Å². The van der Waals surface area contributed by atoms with Crippen LogP contribution >= 0.6 is 0 Å². The number of benzene rings is 2. The first-order valence-corrected chi connectivity index (χ1v) is 12.5. The summed E-state index contributed by atoms with van der Waals surface area (Å²) in [5, 5.41) is 2.75. The normalized spacial score (nSPS) is 15.0. The standard InChI is InChI=1S/C24H26FN3O4S/c1-17-10-12-27(13-11-17)24(30)15-28-14-22(18-6-2-5-9-21(18)28)33(31,32)16-23(29)26-20-8-4-3-7-19(20)25/h2-9,14,17H,10-13,15-16H2,1H3,(H,26,29). The summed E-state index contributed by atoms with van der Waals surface area (Å²) in [6.45, 7) is 3.58. The second kappa shape index (κ2) is 9.35. The van der Waals surface area contributed by atoms with Crippen molar-refractivity contribution < 1.29 is 22.4 Å². The molecule has 1 fully saturated rings. The van der Waals surface area contributed by atoms with Crippen LogP contribution in [0.25, 0.3) is 10.9 Å². The average Bonchev–Trinajstić information content (AvgIpc) is 3.15. The molecule has 0 aliphatic carbocycles. The number of hydrogen-bond acceptors (Lipinski definition) is 4. The highest BCUT2D eigenvalue weighted by atomic mass is 32.2. The van der Waals surface area contributed by atoms with Crippen molar-refractivity contribution >= 4 is 38.2 Å². The summed E-state index contributed by atoms with van der Waals surface area (Å²) in [6, 6.07) is 12.4. The minimum Gasteiger partial charge on any atom is -0.341 e. The second-order valence-electron chi connectivity index (χ2n) is 8.49. The lowest BCUT2D eigenvalue weighted by atomic mass is 9.99. The highest BCUT2D eigenvalue weighted by molar-refractivity contribution is 7.92. The number of carbonyl (C=O) groups is 2. The third-order valence-corrected chi connectivity index (χ3v) is 7.64. The van der Waals surface area contributed by atoms with Gasteiger partial charge in [0, 0.05) is 30.2 Å². The molecule has 1 aromatic heterocycles. The highest BCUT2D eigenvalue weighted by Gasteiger charge is 2.26. The van der Waals surface area contributed by atoms with Gasteiger partial charge in [-0.15, -0.1) is 0 Å². The molecule has 174 valence electrons. The number of hydrogen-bond donors (Lipinski definition) is 1. The van der Waals surface area contributed by atoms with Gasteiger partial charge >= 0.3 is 0 Å². The molecular weight excluding hydrogens is 445 g/mol. The van der Waals surface area contributed by atoms with Crippen LogP contribution in [0.1, 0.15) is 19.8 Å². The van der Waals surface area contributed by atoms with E-state index in [0.29, 0.717) is 29.9 Å². The Morgan fingerprint density at radius 2 is 1.73 bits per heavy atom. The van der Waals surface area contributed by atoms with E-state index in [4.69, 9.17) is 0 Å². The zero-order chi connectivity index (χ0) is 23.6. The van der Waals surface area contributed by atoms with Gasteiger partial charge in [-0.3, -0.25) is 9.59 Å². The molecule has 33 heavy (non-hydrogen) atoms. The van der Waals surface area contributed by atoms with Gasteiger partial charge in [-0.05, 0) is 37.0 Å². The summed E-state index contributed by atoms with van der Waals surface area (Å²) in [5.41, 5.74) is 0.519. The molecule has 1 aliphatic rings. The van der Waals surface area contributed by atoms with Gasteiger partial charge in [-0.2, -0.15) is 0 Å². The molecule has 1 aliphatic heterocycles. The summed E-state index contributed by atoms with van der Waals surface area (Å²) in [7, 11) is -4.05. The summed E-state index contributed by atoms with van der Waals surface area (Å²) in [6.07, 6.45) is 3.32. The topological polar surface area (TPSA) is 88.5 Å². The summed E-state index contributed by atoms with van der Waals surface area (Å²) >= 11 is 0. The third-order valence-electron chi connectivity index (χ3n) is 6.00. The first-order valence-electron chi connectivity index (χ1n) is 10.9. The van der Waals surface area contributed by atoms with Crippen LogP contribution < -0.4 is 5.32 Å². The maximum absolute atomic E-state index is 13.8. The first-order chi connectivity index (χ1) is 15.7. The van der Waals surface area contributed by atoms with Crippen LogP contribution in [0.3, 0.4) is 0 Å². The maximum Gasteiger partial charge on any atom is 0.242 e. The van der Waals surface area contributed by atoms with Crippen molar-refractivity contribution in [3.8, 4) is 0 Å². The number of aromatic nitrogens is 1. The van der Waals surface area contributed by atoms with Crippen LogP contribution in [0.2, 0.25) is 0 Å². The van der Waals surface area contributed by atoms with Crippen LogP contribution in [0, 0.1) is 11.7 Å². The predicted octanol–water partition coefficient (Wildman–Crippen LogP) is 3.45. The Balaban J connectivity index is 1.56. The van der Waals surface area contributed by atoms with Crippen molar-refractivity contribution in [3.63, 3.8) is 0 Å². The Labute approximate surface area is 192 Å². The fraction of sp³-hybridized carbons (Fsp3) is 0.333. The van der Waals surface area contributed by atoms with E-state index in [9.17, 15) is 22.4 Å². The van der Waals surface area contributed by atoms with Crippen LogP contribution in [-0.2, 0) is 26.0 Å². The lowest BCUT2D eigenvalue weighted by Gasteiger charge is -2.30. The second-order valence-corrected chi connectivity index (χ2v) is 10.4.